The van der Waals surface area contributed by atoms with Gasteiger partial charge < -0.3 is 18.9 Å². The van der Waals surface area contributed by atoms with Crippen LogP contribution >= 0.6 is 11.3 Å². The van der Waals surface area contributed by atoms with E-state index in [2.05, 4.69) is 11.6 Å². The minimum Gasteiger partial charge on any atom is -0.496 e. The number of para-hydroxylation sites is 1. The van der Waals surface area contributed by atoms with Gasteiger partial charge in [-0.25, -0.2) is 9.79 Å². The normalized spacial score (nSPS) is 14.9. The van der Waals surface area contributed by atoms with Crippen LogP contribution in [0.3, 0.4) is 0 Å². The van der Waals surface area contributed by atoms with Crippen molar-refractivity contribution in [2.45, 2.75) is 26.8 Å². The zero-order valence-corrected chi connectivity index (χ0v) is 22.7. The number of esters is 1. The molecular weight excluding hydrogens is 504 g/mol. The molecular formula is C29H30N2O6S. The third-order valence-corrected chi connectivity index (χ3v) is 6.87. The third-order valence-electron chi connectivity index (χ3n) is 5.88. The first kappa shape index (κ1) is 26.9. The zero-order valence-electron chi connectivity index (χ0n) is 21.9. The second-order valence-corrected chi connectivity index (χ2v) is 9.29. The van der Waals surface area contributed by atoms with Gasteiger partial charge in [0.05, 0.1) is 42.2 Å². The number of rotatable bonds is 10. The molecule has 8 nitrogen and oxygen atoms in total. The van der Waals surface area contributed by atoms with Gasteiger partial charge >= 0.3 is 5.97 Å². The van der Waals surface area contributed by atoms with Crippen LogP contribution in [0.5, 0.6) is 17.2 Å². The molecule has 1 aromatic heterocycles. The van der Waals surface area contributed by atoms with E-state index in [1.165, 1.54) is 11.3 Å². The molecule has 0 unspecified atom stereocenters. The number of methoxy groups -OCH3 is 1. The van der Waals surface area contributed by atoms with Crippen molar-refractivity contribution in [1.82, 2.24) is 4.57 Å². The summed E-state index contributed by atoms with van der Waals surface area (Å²) in [5.74, 6) is 1.16. The molecule has 2 aromatic carbocycles. The second kappa shape index (κ2) is 12.0. The summed E-state index contributed by atoms with van der Waals surface area (Å²) in [6.07, 6.45) is 3.43. The maximum absolute atomic E-state index is 13.9. The lowest BCUT2D eigenvalue weighted by Crippen LogP contribution is -2.40. The zero-order chi connectivity index (χ0) is 27.2. The summed E-state index contributed by atoms with van der Waals surface area (Å²) in [5, 5.41) is 0. The van der Waals surface area contributed by atoms with Crippen LogP contribution in [0.15, 0.2) is 76.2 Å². The number of fused-ring (bicyclic) bond motifs is 1. The van der Waals surface area contributed by atoms with Crippen molar-refractivity contribution in [3.05, 3.63) is 97.2 Å². The molecule has 0 amide bonds. The molecule has 9 heteroatoms. The van der Waals surface area contributed by atoms with E-state index in [4.69, 9.17) is 18.9 Å². The Labute approximate surface area is 224 Å². The summed E-state index contributed by atoms with van der Waals surface area (Å²) in [6, 6.07) is 12.1. The van der Waals surface area contributed by atoms with E-state index < -0.39 is 12.0 Å². The highest BCUT2D eigenvalue weighted by atomic mass is 32.1. The number of thiazole rings is 1. The number of hydrogen-bond donors (Lipinski definition) is 0. The maximum atomic E-state index is 13.9. The van der Waals surface area contributed by atoms with Crippen molar-refractivity contribution in [1.29, 1.82) is 0 Å². The Morgan fingerprint density at radius 1 is 1.11 bits per heavy atom. The molecule has 0 fully saturated rings. The number of ether oxygens (including phenoxy) is 4. The van der Waals surface area contributed by atoms with Crippen LogP contribution in [0, 0.1) is 0 Å². The monoisotopic (exact) mass is 534 g/mol. The molecule has 0 aliphatic carbocycles. The van der Waals surface area contributed by atoms with Crippen molar-refractivity contribution in [2.75, 3.05) is 26.9 Å². The molecule has 0 N–H and O–H groups in total. The molecule has 1 atom stereocenters. The first-order valence-electron chi connectivity index (χ1n) is 12.3. The van der Waals surface area contributed by atoms with Gasteiger partial charge in [-0.1, -0.05) is 48.3 Å². The van der Waals surface area contributed by atoms with Gasteiger partial charge in [0.2, 0.25) is 0 Å². The van der Waals surface area contributed by atoms with Crippen molar-refractivity contribution >= 4 is 23.4 Å². The lowest BCUT2D eigenvalue weighted by molar-refractivity contribution is -0.139. The highest BCUT2D eigenvalue weighted by Gasteiger charge is 2.34. The molecule has 3 aromatic rings. The number of allylic oxidation sites excluding steroid dienone is 1. The molecule has 0 bridgehead atoms. The molecule has 1 aliphatic rings. The van der Waals surface area contributed by atoms with Crippen LogP contribution < -0.4 is 29.1 Å². The van der Waals surface area contributed by atoms with Gasteiger partial charge in [-0.15, -0.1) is 0 Å². The van der Waals surface area contributed by atoms with E-state index in [1.54, 1.807) is 49.8 Å². The molecule has 1 aliphatic heterocycles. The van der Waals surface area contributed by atoms with Crippen molar-refractivity contribution < 1.29 is 23.7 Å². The van der Waals surface area contributed by atoms with Gasteiger partial charge in [0, 0.05) is 5.56 Å². The molecule has 2 heterocycles. The van der Waals surface area contributed by atoms with E-state index >= 15 is 0 Å². The lowest BCUT2D eigenvalue weighted by Gasteiger charge is -2.25. The molecule has 4 rings (SSSR count). The van der Waals surface area contributed by atoms with Gasteiger partial charge in [-0.2, -0.15) is 0 Å². The second-order valence-electron chi connectivity index (χ2n) is 8.28. The Morgan fingerprint density at radius 3 is 2.61 bits per heavy atom. The number of carbonyl (C=O) groups is 1. The minimum atomic E-state index is -0.766. The first-order valence-corrected chi connectivity index (χ1v) is 13.1. The minimum absolute atomic E-state index is 0.194. The van der Waals surface area contributed by atoms with Crippen molar-refractivity contribution in [3.63, 3.8) is 0 Å². The fourth-order valence-corrected chi connectivity index (χ4v) is 5.30. The summed E-state index contributed by atoms with van der Waals surface area (Å²) in [7, 11) is 1.58. The Hall–Kier alpha value is -4.11. The molecule has 0 spiro atoms. The predicted molar refractivity (Wildman–Crippen MR) is 147 cm³/mol. The average molecular weight is 535 g/mol. The van der Waals surface area contributed by atoms with E-state index in [9.17, 15) is 9.59 Å². The summed E-state index contributed by atoms with van der Waals surface area (Å²) in [6.45, 7) is 9.98. The lowest BCUT2D eigenvalue weighted by atomic mass is 9.95. The smallest absolute Gasteiger partial charge is 0.338 e. The SMILES string of the molecule is C=CCOc1ccc([C@@H]2C(C(=O)OCC)=C(C)N=c3s/c(=C/c4ccccc4OC)c(=O)n32)cc1OCC. The molecule has 0 saturated heterocycles. The molecule has 0 saturated carbocycles. The van der Waals surface area contributed by atoms with Gasteiger partial charge in [0.15, 0.2) is 16.3 Å². The van der Waals surface area contributed by atoms with Crippen LogP contribution in [0.25, 0.3) is 6.08 Å². The quantitative estimate of drug-likeness (QED) is 0.291. The number of nitrogens with zero attached hydrogens (tertiary/aromatic N) is 2. The number of hydrogen-bond acceptors (Lipinski definition) is 8. The van der Waals surface area contributed by atoms with Crippen LogP contribution in [0.4, 0.5) is 0 Å². The Kier molecular flexibility index (Phi) is 8.48. The Morgan fingerprint density at radius 2 is 1.89 bits per heavy atom. The third kappa shape index (κ3) is 5.28. The summed E-state index contributed by atoms with van der Waals surface area (Å²) in [4.78, 5) is 32.1. The van der Waals surface area contributed by atoms with E-state index in [0.29, 0.717) is 56.6 Å². The van der Waals surface area contributed by atoms with Crippen LogP contribution in [-0.4, -0.2) is 37.5 Å². The molecule has 38 heavy (non-hydrogen) atoms. The van der Waals surface area contributed by atoms with Crippen molar-refractivity contribution in [3.8, 4) is 17.2 Å². The van der Waals surface area contributed by atoms with Gasteiger partial charge in [0.1, 0.15) is 12.4 Å². The van der Waals surface area contributed by atoms with Gasteiger partial charge in [-0.05, 0) is 50.6 Å². The fourth-order valence-electron chi connectivity index (χ4n) is 4.26. The standard InChI is InChI=1S/C29H30N2O6S/c1-6-15-37-22-14-13-20(16-23(22)35-7-2)26-25(28(33)36-8-3)18(4)30-29-31(26)27(32)24(38-29)17-19-11-9-10-12-21(19)34-5/h6,9-14,16-17,26H,1,7-8,15H2,2-5H3/b24-17+/t26-/m1/s1. The molecule has 0 radical (unpaired) electrons. The number of aromatic nitrogens is 1. The predicted octanol–water partition coefficient (Wildman–Crippen LogP) is 3.77. The summed E-state index contributed by atoms with van der Waals surface area (Å²) >= 11 is 1.25. The molecule has 198 valence electrons. The summed E-state index contributed by atoms with van der Waals surface area (Å²) in [5.41, 5.74) is 1.94. The van der Waals surface area contributed by atoms with E-state index in [-0.39, 0.29) is 12.2 Å². The van der Waals surface area contributed by atoms with Gasteiger partial charge in [0.25, 0.3) is 5.56 Å². The Bertz CT molecular complexity index is 1570. The fraction of sp³-hybridized carbons (Fsp3) is 0.276. The number of benzene rings is 2. The van der Waals surface area contributed by atoms with Crippen molar-refractivity contribution in [2.24, 2.45) is 4.99 Å². The topological polar surface area (TPSA) is 88.4 Å². The van der Waals surface area contributed by atoms with Gasteiger partial charge in [-0.3, -0.25) is 9.36 Å². The highest BCUT2D eigenvalue weighted by molar-refractivity contribution is 7.07. The first-order chi connectivity index (χ1) is 18.4. The summed E-state index contributed by atoms with van der Waals surface area (Å²) < 4.78 is 24.4. The number of carbonyl (C=O) groups excluding carboxylic acids is 1. The van der Waals surface area contributed by atoms with E-state index in [1.807, 2.05) is 37.3 Å². The van der Waals surface area contributed by atoms with Crippen LogP contribution in [0.2, 0.25) is 0 Å². The average Bonchev–Trinajstić information content (AvgIpc) is 3.21. The van der Waals surface area contributed by atoms with Crippen LogP contribution in [-0.2, 0) is 9.53 Å². The largest absolute Gasteiger partial charge is 0.496 e. The van der Waals surface area contributed by atoms with Crippen LogP contribution in [0.1, 0.15) is 37.9 Å². The maximum Gasteiger partial charge on any atom is 0.338 e. The van der Waals surface area contributed by atoms with E-state index in [0.717, 1.165) is 5.56 Å². The Balaban J connectivity index is 1.95. The highest BCUT2D eigenvalue weighted by Crippen LogP contribution is 2.36.